The number of halogens is 1. The van der Waals surface area contributed by atoms with Crippen LogP contribution in [0.15, 0.2) is 41.8 Å². The van der Waals surface area contributed by atoms with Gasteiger partial charge in [-0.1, -0.05) is 12.1 Å². The molecular weight excluding hydrogens is 495 g/mol. The quantitative estimate of drug-likeness (QED) is 0.468. The fourth-order valence-electron chi connectivity index (χ4n) is 4.99. The van der Waals surface area contributed by atoms with Gasteiger partial charge in [0.05, 0.1) is 12.3 Å². The van der Waals surface area contributed by atoms with E-state index in [1.165, 1.54) is 4.90 Å². The normalized spacial score (nSPS) is 16.2. The van der Waals surface area contributed by atoms with E-state index in [9.17, 15) is 14.0 Å². The number of hydrogen-bond donors (Lipinski definition) is 2. The van der Waals surface area contributed by atoms with Crippen LogP contribution >= 0.6 is 11.3 Å². The summed E-state index contributed by atoms with van der Waals surface area (Å²) < 4.78 is 20.3. The van der Waals surface area contributed by atoms with Crippen LogP contribution in [0.2, 0.25) is 0 Å². The monoisotopic (exact) mass is 526 g/mol. The van der Waals surface area contributed by atoms with Crippen molar-refractivity contribution in [2.75, 3.05) is 62.4 Å². The number of aryl methyl sites for hydroxylation is 1. The van der Waals surface area contributed by atoms with E-state index in [4.69, 9.17) is 9.84 Å². The first-order valence-corrected chi connectivity index (χ1v) is 13.5. The summed E-state index contributed by atoms with van der Waals surface area (Å²) in [7, 11) is 0. The van der Waals surface area contributed by atoms with Crippen molar-refractivity contribution in [3.8, 4) is 0 Å². The first-order chi connectivity index (χ1) is 18.0. The van der Waals surface area contributed by atoms with Crippen LogP contribution in [0.5, 0.6) is 0 Å². The molecule has 0 radical (unpaired) electrons. The predicted octanol–water partition coefficient (Wildman–Crippen LogP) is 3.36. The minimum atomic E-state index is -0.665. The standard InChI is InChI=1S/C27H31FN4O4S/c28-21-16-24(22-6-14-37-25(22)17-21)31-11-9-30(10-12-31)8-5-19-1-2-20-3-4-26(34)32(23(20)15-19)18-36-27(35)29-7-13-33/h1-2,6,14-17,33H,3-5,7-13,18H2,(H,29,35). The zero-order valence-electron chi connectivity index (χ0n) is 20.6. The Kier molecular flexibility index (Phi) is 7.87. The summed E-state index contributed by atoms with van der Waals surface area (Å²) in [4.78, 5) is 30.6. The average Bonchev–Trinajstić information content (AvgIpc) is 3.38. The molecule has 0 bridgehead atoms. The molecule has 1 aromatic heterocycles. The number of fused-ring (bicyclic) bond motifs is 2. The maximum Gasteiger partial charge on any atom is 0.408 e. The zero-order valence-corrected chi connectivity index (χ0v) is 21.4. The van der Waals surface area contributed by atoms with Gasteiger partial charge >= 0.3 is 6.09 Å². The van der Waals surface area contributed by atoms with Crippen molar-refractivity contribution >= 4 is 44.8 Å². The van der Waals surface area contributed by atoms with Crippen molar-refractivity contribution < 1.29 is 23.8 Å². The number of carbonyl (C=O) groups is 2. The number of amides is 2. The highest BCUT2D eigenvalue weighted by atomic mass is 32.1. The summed E-state index contributed by atoms with van der Waals surface area (Å²) in [6, 6.07) is 11.5. The Morgan fingerprint density at radius 1 is 1.08 bits per heavy atom. The maximum absolute atomic E-state index is 14.1. The molecule has 0 saturated carbocycles. The lowest BCUT2D eigenvalue weighted by Crippen LogP contribution is -2.47. The van der Waals surface area contributed by atoms with Gasteiger partial charge in [-0.25, -0.2) is 9.18 Å². The van der Waals surface area contributed by atoms with Crippen LogP contribution in [0.1, 0.15) is 17.5 Å². The Balaban J connectivity index is 1.18. The minimum absolute atomic E-state index is 0.0761. The summed E-state index contributed by atoms with van der Waals surface area (Å²) in [5.41, 5.74) is 3.95. The van der Waals surface area contributed by atoms with E-state index in [-0.39, 0.29) is 31.6 Å². The molecule has 2 aromatic carbocycles. The van der Waals surface area contributed by atoms with Crippen molar-refractivity contribution in [2.24, 2.45) is 0 Å². The molecule has 3 heterocycles. The Labute approximate surface area is 219 Å². The molecule has 8 nitrogen and oxygen atoms in total. The van der Waals surface area contributed by atoms with Gasteiger partial charge in [-0.2, -0.15) is 0 Å². The minimum Gasteiger partial charge on any atom is -0.428 e. The molecule has 37 heavy (non-hydrogen) atoms. The van der Waals surface area contributed by atoms with Crippen molar-refractivity contribution in [3.05, 3.63) is 58.7 Å². The number of carbonyl (C=O) groups excluding carboxylic acids is 2. The molecule has 5 rings (SSSR count). The second-order valence-corrected chi connectivity index (χ2v) is 10.3. The third-order valence-corrected chi connectivity index (χ3v) is 7.86. The third kappa shape index (κ3) is 5.87. The summed E-state index contributed by atoms with van der Waals surface area (Å²) in [6.45, 7) is 4.13. The lowest BCUT2D eigenvalue weighted by atomic mass is 9.98. The Morgan fingerprint density at radius 3 is 2.73 bits per heavy atom. The molecule has 0 unspecified atom stereocenters. The van der Waals surface area contributed by atoms with Crippen molar-refractivity contribution in [2.45, 2.75) is 19.3 Å². The number of rotatable bonds is 8. The largest absolute Gasteiger partial charge is 0.428 e. The molecule has 0 spiro atoms. The number of benzene rings is 2. The maximum atomic E-state index is 14.1. The molecule has 2 aliphatic heterocycles. The molecule has 1 saturated heterocycles. The smallest absolute Gasteiger partial charge is 0.408 e. The van der Waals surface area contributed by atoms with Crippen molar-refractivity contribution in [1.82, 2.24) is 10.2 Å². The molecule has 0 atom stereocenters. The van der Waals surface area contributed by atoms with E-state index in [1.54, 1.807) is 23.5 Å². The average molecular weight is 527 g/mol. The number of nitrogens with zero attached hydrogens (tertiary/aromatic N) is 3. The Morgan fingerprint density at radius 2 is 1.92 bits per heavy atom. The number of alkyl carbamates (subject to hydrolysis) is 1. The first-order valence-electron chi connectivity index (χ1n) is 12.6. The number of thiophene rings is 1. The van der Waals surface area contributed by atoms with Crippen molar-refractivity contribution in [3.63, 3.8) is 0 Å². The first kappa shape index (κ1) is 25.4. The van der Waals surface area contributed by atoms with E-state index in [1.807, 2.05) is 11.4 Å². The summed E-state index contributed by atoms with van der Waals surface area (Å²) >= 11 is 1.56. The van der Waals surface area contributed by atoms with Crippen molar-refractivity contribution in [1.29, 1.82) is 0 Å². The van der Waals surface area contributed by atoms with Crippen LogP contribution in [0.25, 0.3) is 10.1 Å². The number of ether oxygens (including phenoxy) is 1. The van der Waals surface area contributed by atoms with E-state index >= 15 is 0 Å². The Bertz CT molecular complexity index is 1270. The molecule has 2 aliphatic rings. The van der Waals surface area contributed by atoms with E-state index in [2.05, 4.69) is 33.3 Å². The van der Waals surface area contributed by atoms with E-state index < -0.39 is 6.09 Å². The van der Waals surface area contributed by atoms with Crippen LogP contribution in [0.3, 0.4) is 0 Å². The molecular formula is C27H31FN4O4S. The SMILES string of the molecule is O=C(NCCO)OCN1C(=O)CCc2ccc(CCN3CCN(c4cc(F)cc5sccc45)CC3)cc21. The summed E-state index contributed by atoms with van der Waals surface area (Å²) in [6.07, 6.45) is 1.21. The fraction of sp³-hybridized carbons (Fsp3) is 0.407. The topological polar surface area (TPSA) is 85.3 Å². The van der Waals surface area contributed by atoms with Gasteiger partial charge in [0.25, 0.3) is 0 Å². The predicted molar refractivity (Wildman–Crippen MR) is 143 cm³/mol. The fourth-order valence-corrected chi connectivity index (χ4v) is 5.82. The van der Waals surface area contributed by atoms with Gasteiger partial charge in [0.15, 0.2) is 6.73 Å². The third-order valence-electron chi connectivity index (χ3n) is 7.00. The van der Waals surface area contributed by atoms with Gasteiger partial charge in [-0.05, 0) is 53.6 Å². The van der Waals surface area contributed by atoms with Crippen LogP contribution < -0.4 is 15.1 Å². The molecule has 196 valence electrons. The van der Waals surface area contributed by atoms with Gasteiger partial charge in [0, 0.05) is 61.5 Å². The number of hydrogen-bond acceptors (Lipinski definition) is 7. The lowest BCUT2D eigenvalue weighted by molar-refractivity contribution is -0.119. The van der Waals surface area contributed by atoms with Gasteiger partial charge in [0.1, 0.15) is 5.82 Å². The Hall–Kier alpha value is -3.21. The second kappa shape index (κ2) is 11.5. The number of aliphatic hydroxyl groups excluding tert-OH is 1. The molecule has 0 aliphatic carbocycles. The number of anilines is 2. The zero-order chi connectivity index (χ0) is 25.8. The van der Waals surface area contributed by atoms with E-state index in [0.29, 0.717) is 12.8 Å². The van der Waals surface area contributed by atoms with Crippen LogP contribution in [-0.2, 0) is 22.4 Å². The highest BCUT2D eigenvalue weighted by Crippen LogP contribution is 2.33. The van der Waals surface area contributed by atoms with Gasteiger partial charge in [0.2, 0.25) is 5.91 Å². The molecule has 2 N–H and O–H groups in total. The molecule has 10 heteroatoms. The lowest BCUT2D eigenvalue weighted by Gasteiger charge is -2.36. The summed E-state index contributed by atoms with van der Waals surface area (Å²) in [5, 5.41) is 14.4. The second-order valence-electron chi connectivity index (χ2n) is 9.33. The molecule has 3 aromatic rings. The van der Waals surface area contributed by atoms with Gasteiger partial charge in [-0.3, -0.25) is 14.6 Å². The van der Waals surface area contributed by atoms with Crippen LogP contribution in [-0.4, -0.2) is 74.6 Å². The summed E-state index contributed by atoms with van der Waals surface area (Å²) in [5.74, 6) is -0.267. The highest BCUT2D eigenvalue weighted by molar-refractivity contribution is 7.17. The van der Waals surface area contributed by atoms with E-state index in [0.717, 1.165) is 71.7 Å². The number of aliphatic hydroxyl groups is 1. The highest BCUT2D eigenvalue weighted by Gasteiger charge is 2.26. The number of nitrogens with one attached hydrogen (secondary N) is 1. The number of piperazine rings is 1. The van der Waals surface area contributed by atoms with Gasteiger partial charge in [-0.15, -0.1) is 11.3 Å². The van der Waals surface area contributed by atoms with Crippen LogP contribution in [0, 0.1) is 5.82 Å². The molecule has 1 fully saturated rings. The van der Waals surface area contributed by atoms with Gasteiger partial charge < -0.3 is 20.1 Å². The van der Waals surface area contributed by atoms with Crippen LogP contribution in [0.4, 0.5) is 20.6 Å². The molecule has 2 amide bonds.